The summed E-state index contributed by atoms with van der Waals surface area (Å²) in [5.74, 6) is 1.42. The van der Waals surface area contributed by atoms with E-state index in [9.17, 15) is 4.79 Å². The van der Waals surface area contributed by atoms with Crippen molar-refractivity contribution in [1.29, 1.82) is 0 Å². The number of hydrogen-bond acceptors (Lipinski definition) is 5. The van der Waals surface area contributed by atoms with Crippen molar-refractivity contribution in [3.8, 4) is 0 Å². The van der Waals surface area contributed by atoms with Crippen molar-refractivity contribution in [2.75, 3.05) is 39.4 Å². The maximum Gasteiger partial charge on any atom is 0.290 e. The molecule has 110 valence electrons. The molecule has 1 saturated heterocycles. The topological polar surface area (TPSA) is 83.1 Å². The van der Waals surface area contributed by atoms with E-state index >= 15 is 0 Å². The molecule has 20 heavy (non-hydrogen) atoms. The fourth-order valence-electron chi connectivity index (χ4n) is 2.32. The lowest BCUT2D eigenvalue weighted by Crippen LogP contribution is -2.38. The number of morpholine rings is 1. The highest BCUT2D eigenvalue weighted by molar-refractivity contribution is 5.90. The summed E-state index contributed by atoms with van der Waals surface area (Å²) in [5.41, 5.74) is 0. The number of amides is 1. The first-order valence-corrected chi connectivity index (χ1v) is 7.33. The number of aromatic nitrogens is 3. The van der Waals surface area contributed by atoms with E-state index in [2.05, 4.69) is 25.4 Å². The zero-order chi connectivity index (χ0) is 13.8. The number of carbonyl (C=O) groups excluding carboxylic acids is 1. The van der Waals surface area contributed by atoms with Crippen LogP contribution in [0.25, 0.3) is 0 Å². The van der Waals surface area contributed by atoms with Gasteiger partial charge >= 0.3 is 0 Å². The molecule has 1 aromatic heterocycles. The third kappa shape index (κ3) is 3.55. The van der Waals surface area contributed by atoms with Crippen LogP contribution in [-0.4, -0.2) is 65.4 Å². The monoisotopic (exact) mass is 279 g/mol. The number of rotatable bonds is 6. The number of nitrogens with zero attached hydrogens (tertiary/aromatic N) is 3. The van der Waals surface area contributed by atoms with Crippen LogP contribution in [0.15, 0.2) is 0 Å². The van der Waals surface area contributed by atoms with Crippen LogP contribution < -0.4 is 5.32 Å². The van der Waals surface area contributed by atoms with Gasteiger partial charge in [0.1, 0.15) is 5.82 Å². The highest BCUT2D eigenvalue weighted by Gasteiger charge is 2.28. The van der Waals surface area contributed by atoms with E-state index < -0.39 is 0 Å². The number of aromatic amines is 1. The molecule has 7 heteroatoms. The highest BCUT2D eigenvalue weighted by atomic mass is 16.5. The molecule has 7 nitrogen and oxygen atoms in total. The summed E-state index contributed by atoms with van der Waals surface area (Å²) < 4.78 is 5.30. The summed E-state index contributed by atoms with van der Waals surface area (Å²) in [5, 5.41) is 9.69. The smallest absolute Gasteiger partial charge is 0.290 e. The standard InChI is InChI=1S/C13H21N5O2/c19-13(12-15-11(16-17-12)10-2-3-10)14-4-1-5-18-6-8-20-9-7-18/h10H,1-9H2,(H,14,19)(H,15,16,17). The molecule has 3 rings (SSSR count). The van der Waals surface area contributed by atoms with Gasteiger partial charge in [-0.1, -0.05) is 0 Å². The lowest BCUT2D eigenvalue weighted by Gasteiger charge is -2.26. The van der Waals surface area contributed by atoms with E-state index in [4.69, 9.17) is 4.74 Å². The molecule has 2 heterocycles. The van der Waals surface area contributed by atoms with Crippen LogP contribution in [0.5, 0.6) is 0 Å². The number of hydrogen-bond donors (Lipinski definition) is 2. The zero-order valence-corrected chi connectivity index (χ0v) is 11.6. The third-order valence-electron chi connectivity index (χ3n) is 3.71. The minimum Gasteiger partial charge on any atom is -0.379 e. The van der Waals surface area contributed by atoms with Crippen LogP contribution >= 0.6 is 0 Å². The number of carbonyl (C=O) groups is 1. The van der Waals surface area contributed by atoms with Crippen molar-refractivity contribution in [2.45, 2.75) is 25.2 Å². The summed E-state index contributed by atoms with van der Waals surface area (Å²) >= 11 is 0. The van der Waals surface area contributed by atoms with Crippen molar-refractivity contribution < 1.29 is 9.53 Å². The Kier molecular flexibility index (Phi) is 4.27. The first kappa shape index (κ1) is 13.5. The fraction of sp³-hybridized carbons (Fsp3) is 0.769. The van der Waals surface area contributed by atoms with Gasteiger partial charge in [0.15, 0.2) is 0 Å². The van der Waals surface area contributed by atoms with Crippen LogP contribution in [0.2, 0.25) is 0 Å². The van der Waals surface area contributed by atoms with Gasteiger partial charge < -0.3 is 10.1 Å². The molecule has 0 bridgehead atoms. The molecule has 2 fully saturated rings. The first-order chi connectivity index (χ1) is 9.83. The van der Waals surface area contributed by atoms with Gasteiger partial charge in [-0.15, -0.1) is 5.10 Å². The molecule has 2 N–H and O–H groups in total. The predicted octanol–water partition coefficient (Wildman–Crippen LogP) is 0.134. The van der Waals surface area contributed by atoms with Gasteiger partial charge in [0.05, 0.1) is 13.2 Å². The van der Waals surface area contributed by atoms with Crippen molar-refractivity contribution in [1.82, 2.24) is 25.4 Å². The molecule has 0 radical (unpaired) electrons. The van der Waals surface area contributed by atoms with Gasteiger partial charge in [0.2, 0.25) is 5.82 Å². The van der Waals surface area contributed by atoms with Gasteiger partial charge in [0, 0.05) is 25.6 Å². The Bertz CT molecular complexity index is 451. The van der Waals surface area contributed by atoms with E-state index in [1.807, 2.05) is 0 Å². The summed E-state index contributed by atoms with van der Waals surface area (Å²) in [4.78, 5) is 18.5. The number of H-pyrrole nitrogens is 1. The molecule has 0 spiro atoms. The Morgan fingerprint density at radius 2 is 2.20 bits per heavy atom. The molecule has 1 aromatic rings. The number of nitrogens with one attached hydrogen (secondary N) is 2. The van der Waals surface area contributed by atoms with E-state index in [1.165, 1.54) is 0 Å². The average Bonchev–Trinajstić information content (AvgIpc) is 3.22. The van der Waals surface area contributed by atoms with E-state index in [0.717, 1.165) is 57.9 Å². The molecule has 0 unspecified atom stereocenters. The van der Waals surface area contributed by atoms with Crippen LogP contribution in [-0.2, 0) is 4.74 Å². The maximum atomic E-state index is 11.9. The minimum absolute atomic E-state index is 0.185. The molecular weight excluding hydrogens is 258 g/mol. The van der Waals surface area contributed by atoms with Crippen molar-refractivity contribution in [3.05, 3.63) is 11.6 Å². The van der Waals surface area contributed by atoms with E-state index in [1.54, 1.807) is 0 Å². The quantitative estimate of drug-likeness (QED) is 0.723. The average molecular weight is 279 g/mol. The molecule has 1 saturated carbocycles. The number of ether oxygens (including phenoxy) is 1. The van der Waals surface area contributed by atoms with Gasteiger partial charge in [-0.2, -0.15) is 0 Å². The first-order valence-electron chi connectivity index (χ1n) is 7.33. The molecular formula is C13H21N5O2. The van der Waals surface area contributed by atoms with Gasteiger partial charge in [0.25, 0.3) is 5.91 Å². The molecule has 1 aliphatic carbocycles. The van der Waals surface area contributed by atoms with Crippen LogP contribution in [0.4, 0.5) is 0 Å². The largest absolute Gasteiger partial charge is 0.379 e. The Morgan fingerprint density at radius 3 is 2.95 bits per heavy atom. The molecule has 0 aromatic carbocycles. The fourth-order valence-corrected chi connectivity index (χ4v) is 2.32. The summed E-state index contributed by atoms with van der Waals surface area (Å²) in [6.07, 6.45) is 3.23. The van der Waals surface area contributed by atoms with E-state index in [0.29, 0.717) is 12.5 Å². The second-order valence-corrected chi connectivity index (χ2v) is 5.38. The van der Waals surface area contributed by atoms with Crippen LogP contribution in [0.1, 0.15) is 41.6 Å². The molecule has 2 aliphatic rings. The van der Waals surface area contributed by atoms with Gasteiger partial charge in [-0.05, 0) is 25.8 Å². The Morgan fingerprint density at radius 1 is 1.40 bits per heavy atom. The van der Waals surface area contributed by atoms with Crippen LogP contribution in [0.3, 0.4) is 0 Å². The highest BCUT2D eigenvalue weighted by Crippen LogP contribution is 2.37. The van der Waals surface area contributed by atoms with Crippen molar-refractivity contribution in [3.63, 3.8) is 0 Å². The zero-order valence-electron chi connectivity index (χ0n) is 11.6. The van der Waals surface area contributed by atoms with Crippen molar-refractivity contribution >= 4 is 5.91 Å². The summed E-state index contributed by atoms with van der Waals surface area (Å²) in [6, 6.07) is 0. The summed E-state index contributed by atoms with van der Waals surface area (Å²) in [7, 11) is 0. The second kappa shape index (κ2) is 6.32. The minimum atomic E-state index is -0.185. The molecule has 0 atom stereocenters. The lowest BCUT2D eigenvalue weighted by atomic mass is 10.3. The SMILES string of the molecule is O=C(NCCCN1CCOCC1)c1n[nH]c(C2CC2)n1. The van der Waals surface area contributed by atoms with E-state index in [-0.39, 0.29) is 11.7 Å². The molecule has 1 amide bonds. The lowest BCUT2D eigenvalue weighted by molar-refractivity contribution is 0.0374. The Labute approximate surface area is 118 Å². The third-order valence-corrected chi connectivity index (χ3v) is 3.71. The van der Waals surface area contributed by atoms with Crippen LogP contribution in [0, 0.1) is 0 Å². The van der Waals surface area contributed by atoms with Gasteiger partial charge in [-0.25, -0.2) is 4.98 Å². The molecule has 1 aliphatic heterocycles. The Hall–Kier alpha value is -1.47. The van der Waals surface area contributed by atoms with Crippen molar-refractivity contribution in [2.24, 2.45) is 0 Å². The van der Waals surface area contributed by atoms with Gasteiger partial charge in [-0.3, -0.25) is 14.8 Å². The maximum absolute atomic E-state index is 11.9. The Balaban J connectivity index is 1.35. The second-order valence-electron chi connectivity index (χ2n) is 5.38. The summed E-state index contributed by atoms with van der Waals surface area (Å²) in [6.45, 7) is 5.24. The predicted molar refractivity (Wildman–Crippen MR) is 72.6 cm³/mol. The normalized spacial score (nSPS) is 20.0.